The van der Waals surface area contributed by atoms with Crippen LogP contribution in [0.5, 0.6) is 0 Å². The van der Waals surface area contributed by atoms with Crippen molar-refractivity contribution in [3.05, 3.63) is 0 Å². The zero-order valence-electron chi connectivity index (χ0n) is 5.49. The van der Waals surface area contributed by atoms with Crippen LogP contribution in [0.3, 0.4) is 0 Å². The first kappa shape index (κ1) is 8.15. The predicted molar refractivity (Wildman–Crippen MR) is 41.3 cm³/mol. The van der Waals surface area contributed by atoms with Gasteiger partial charge in [-0.2, -0.15) is 0 Å². The minimum atomic E-state index is -1.18. The van der Waals surface area contributed by atoms with Crippen LogP contribution in [0.15, 0.2) is 0 Å². The Balaban J connectivity index is 2.61. The molecule has 0 spiro atoms. The van der Waals surface area contributed by atoms with Gasteiger partial charge >= 0.3 is 0 Å². The molecule has 1 aliphatic heterocycles. The number of halogens is 2. The van der Waals surface area contributed by atoms with Crippen LogP contribution in [0.1, 0.15) is 19.3 Å². The largest absolute Gasteiger partial charge is 0.353 e. The first-order valence-corrected chi connectivity index (χ1v) is 4.05. The van der Waals surface area contributed by atoms with Crippen LogP contribution in [-0.2, 0) is 4.79 Å². The average molecular weight is 182 g/mol. The summed E-state index contributed by atoms with van der Waals surface area (Å²) >= 11 is 11.4. The molecular formula is C6H9Cl2NO. The molecule has 0 aliphatic carbocycles. The van der Waals surface area contributed by atoms with Crippen LogP contribution in [0.4, 0.5) is 0 Å². The second kappa shape index (κ2) is 2.97. The predicted octanol–water partition coefficient (Wildman–Crippen LogP) is 1.46. The van der Waals surface area contributed by atoms with Gasteiger partial charge in [0.25, 0.3) is 5.91 Å². The van der Waals surface area contributed by atoms with Crippen LogP contribution < -0.4 is 5.32 Å². The Kier molecular flexibility index (Phi) is 2.42. The van der Waals surface area contributed by atoms with Gasteiger partial charge in [-0.05, 0) is 19.3 Å². The molecule has 10 heavy (non-hydrogen) atoms. The summed E-state index contributed by atoms with van der Waals surface area (Å²) in [6, 6.07) is 0. The van der Waals surface area contributed by atoms with E-state index in [4.69, 9.17) is 23.2 Å². The fourth-order valence-corrected chi connectivity index (χ4v) is 1.32. The zero-order chi connectivity index (χ0) is 7.61. The Labute approximate surface area is 69.9 Å². The quantitative estimate of drug-likeness (QED) is 0.564. The third kappa shape index (κ3) is 1.77. The van der Waals surface area contributed by atoms with Gasteiger partial charge in [0.05, 0.1) is 0 Å². The third-order valence-corrected chi connectivity index (χ3v) is 2.26. The number of amides is 1. The standard InChI is InChI=1S/C6H9Cl2NO/c7-6(8)3-1-2-4-9-5(6)10/h1-4H2,(H,9,10). The van der Waals surface area contributed by atoms with E-state index in [1.807, 2.05) is 0 Å². The Morgan fingerprint density at radius 2 is 2.10 bits per heavy atom. The van der Waals surface area contributed by atoms with Crippen molar-refractivity contribution in [3.63, 3.8) is 0 Å². The van der Waals surface area contributed by atoms with E-state index in [-0.39, 0.29) is 5.91 Å². The number of rotatable bonds is 0. The molecule has 0 aromatic rings. The SMILES string of the molecule is O=C1NCCCCC1(Cl)Cl. The van der Waals surface area contributed by atoms with Gasteiger partial charge in [0.15, 0.2) is 4.33 Å². The van der Waals surface area contributed by atoms with Crippen LogP contribution in [0.25, 0.3) is 0 Å². The molecule has 1 heterocycles. The summed E-state index contributed by atoms with van der Waals surface area (Å²) in [5, 5.41) is 2.63. The second-order valence-electron chi connectivity index (χ2n) is 2.42. The van der Waals surface area contributed by atoms with Crippen LogP contribution in [0.2, 0.25) is 0 Å². The van der Waals surface area contributed by atoms with Crippen LogP contribution in [-0.4, -0.2) is 16.8 Å². The van der Waals surface area contributed by atoms with Gasteiger partial charge in [-0.1, -0.05) is 23.2 Å². The van der Waals surface area contributed by atoms with Crippen LogP contribution in [0, 0.1) is 0 Å². The summed E-state index contributed by atoms with van der Waals surface area (Å²) < 4.78 is -1.18. The molecule has 0 saturated carbocycles. The first-order valence-electron chi connectivity index (χ1n) is 3.29. The van der Waals surface area contributed by atoms with E-state index in [1.54, 1.807) is 0 Å². The van der Waals surface area contributed by atoms with E-state index < -0.39 is 4.33 Å². The van der Waals surface area contributed by atoms with Gasteiger partial charge in [-0.15, -0.1) is 0 Å². The van der Waals surface area contributed by atoms with Gasteiger partial charge in [0.1, 0.15) is 0 Å². The van der Waals surface area contributed by atoms with Crippen molar-refractivity contribution >= 4 is 29.1 Å². The maximum Gasteiger partial charge on any atom is 0.256 e. The lowest BCUT2D eigenvalue weighted by Crippen LogP contribution is -2.36. The number of carbonyl (C=O) groups excluding carboxylic acids is 1. The van der Waals surface area contributed by atoms with E-state index in [0.29, 0.717) is 13.0 Å². The number of carbonyl (C=O) groups is 1. The molecule has 1 rings (SSSR count). The highest BCUT2D eigenvalue weighted by atomic mass is 35.5. The van der Waals surface area contributed by atoms with Crippen molar-refractivity contribution in [1.82, 2.24) is 5.32 Å². The lowest BCUT2D eigenvalue weighted by Gasteiger charge is -2.13. The molecule has 0 aromatic heterocycles. The van der Waals surface area contributed by atoms with Gasteiger partial charge in [-0.25, -0.2) is 0 Å². The van der Waals surface area contributed by atoms with E-state index in [9.17, 15) is 4.79 Å². The fraction of sp³-hybridized carbons (Fsp3) is 0.833. The van der Waals surface area contributed by atoms with Gasteiger partial charge < -0.3 is 5.32 Å². The third-order valence-electron chi connectivity index (χ3n) is 1.54. The van der Waals surface area contributed by atoms with Gasteiger partial charge in [0, 0.05) is 6.54 Å². The van der Waals surface area contributed by atoms with Gasteiger partial charge in [0.2, 0.25) is 0 Å². The van der Waals surface area contributed by atoms with E-state index in [0.717, 1.165) is 12.8 Å². The molecule has 0 bridgehead atoms. The molecule has 4 heteroatoms. The van der Waals surface area contributed by atoms with Crippen molar-refractivity contribution in [2.24, 2.45) is 0 Å². The highest BCUT2D eigenvalue weighted by molar-refractivity contribution is 6.58. The number of hydrogen-bond donors (Lipinski definition) is 1. The van der Waals surface area contributed by atoms with E-state index in [1.165, 1.54) is 0 Å². The van der Waals surface area contributed by atoms with Crippen LogP contribution >= 0.6 is 23.2 Å². The Bertz CT molecular complexity index is 147. The molecule has 0 atom stereocenters. The minimum Gasteiger partial charge on any atom is -0.353 e. The number of nitrogens with one attached hydrogen (secondary N) is 1. The summed E-state index contributed by atoms with van der Waals surface area (Å²) in [6.45, 7) is 0.694. The van der Waals surface area contributed by atoms with Crippen molar-refractivity contribution in [2.45, 2.75) is 23.6 Å². The highest BCUT2D eigenvalue weighted by Crippen LogP contribution is 2.29. The Hall–Kier alpha value is 0.0500. The van der Waals surface area contributed by atoms with Crippen molar-refractivity contribution in [2.75, 3.05) is 6.54 Å². The zero-order valence-corrected chi connectivity index (χ0v) is 7.00. The van der Waals surface area contributed by atoms with E-state index in [2.05, 4.69) is 5.32 Å². The fourth-order valence-electron chi connectivity index (χ4n) is 0.917. The average Bonchev–Trinajstić information content (AvgIpc) is 1.96. The van der Waals surface area contributed by atoms with Crippen molar-refractivity contribution in [3.8, 4) is 0 Å². The normalized spacial score (nSPS) is 25.2. The Morgan fingerprint density at radius 3 is 2.80 bits per heavy atom. The molecule has 0 radical (unpaired) electrons. The molecule has 0 aromatic carbocycles. The molecule has 1 amide bonds. The first-order chi connectivity index (χ1) is 4.63. The van der Waals surface area contributed by atoms with Crippen molar-refractivity contribution in [1.29, 1.82) is 0 Å². The molecular weight excluding hydrogens is 173 g/mol. The summed E-state index contributed by atoms with van der Waals surface area (Å²) in [5.41, 5.74) is 0. The minimum absolute atomic E-state index is 0.256. The molecule has 1 aliphatic rings. The summed E-state index contributed by atoms with van der Waals surface area (Å²) in [4.78, 5) is 11.0. The number of alkyl halides is 2. The molecule has 2 nitrogen and oxygen atoms in total. The Morgan fingerprint density at radius 1 is 1.40 bits per heavy atom. The van der Waals surface area contributed by atoms with E-state index >= 15 is 0 Å². The summed E-state index contributed by atoms with van der Waals surface area (Å²) in [6.07, 6.45) is 2.43. The maximum atomic E-state index is 11.0. The smallest absolute Gasteiger partial charge is 0.256 e. The molecule has 58 valence electrons. The van der Waals surface area contributed by atoms with Crippen molar-refractivity contribution < 1.29 is 4.79 Å². The molecule has 1 saturated heterocycles. The molecule has 0 unspecified atom stereocenters. The lowest BCUT2D eigenvalue weighted by molar-refractivity contribution is -0.121. The highest BCUT2D eigenvalue weighted by Gasteiger charge is 2.34. The second-order valence-corrected chi connectivity index (χ2v) is 3.90. The lowest BCUT2D eigenvalue weighted by atomic mass is 10.2. The maximum absolute atomic E-state index is 11.0. The summed E-state index contributed by atoms with van der Waals surface area (Å²) in [5.74, 6) is -0.256. The topological polar surface area (TPSA) is 29.1 Å². The number of hydrogen-bond acceptors (Lipinski definition) is 1. The summed E-state index contributed by atoms with van der Waals surface area (Å²) in [7, 11) is 0. The monoisotopic (exact) mass is 181 g/mol. The van der Waals surface area contributed by atoms with Gasteiger partial charge in [-0.3, -0.25) is 4.79 Å². The molecule has 1 fully saturated rings. The molecule has 1 N–H and O–H groups in total.